The van der Waals surface area contributed by atoms with Gasteiger partial charge in [0.2, 0.25) is 0 Å². The van der Waals surface area contributed by atoms with E-state index in [9.17, 15) is 4.79 Å². The number of H-pyrrole nitrogens is 1. The smallest absolute Gasteiger partial charge is 0.187 e. The van der Waals surface area contributed by atoms with Crippen molar-refractivity contribution in [2.24, 2.45) is 0 Å². The molecule has 0 aliphatic carbocycles. The van der Waals surface area contributed by atoms with Crippen LogP contribution in [0, 0.1) is 6.92 Å². The minimum atomic E-state index is 0.176. The molecular formula is C46H68N8O2. The lowest BCUT2D eigenvalue weighted by molar-refractivity contribution is 0.407. The van der Waals surface area contributed by atoms with Crippen LogP contribution in [0.3, 0.4) is 0 Å². The molecule has 0 unspecified atom stereocenters. The third-order valence-corrected chi connectivity index (χ3v) is 10.9. The maximum absolute atomic E-state index is 11.7. The van der Waals surface area contributed by atoms with Gasteiger partial charge in [0, 0.05) is 72.2 Å². The minimum absolute atomic E-state index is 0.176. The van der Waals surface area contributed by atoms with Crippen molar-refractivity contribution in [3.8, 4) is 5.75 Å². The van der Waals surface area contributed by atoms with Gasteiger partial charge >= 0.3 is 0 Å². The van der Waals surface area contributed by atoms with Gasteiger partial charge < -0.3 is 31.0 Å². The fraction of sp³-hybridized carbons (Fsp3) is 0.565. The van der Waals surface area contributed by atoms with E-state index in [4.69, 9.17) is 4.74 Å². The summed E-state index contributed by atoms with van der Waals surface area (Å²) in [4.78, 5) is 28.9. The number of hydrogen-bond acceptors (Lipinski definition) is 9. The zero-order valence-corrected chi connectivity index (χ0v) is 35.8. The molecule has 304 valence electrons. The first-order chi connectivity index (χ1) is 26.9. The summed E-state index contributed by atoms with van der Waals surface area (Å²) in [5.41, 5.74) is 11.0. The topological polar surface area (TPSA) is 129 Å². The predicted octanol–water partition coefficient (Wildman–Crippen LogP) is 9.86. The quantitative estimate of drug-likeness (QED) is 0.135. The zero-order valence-electron chi connectivity index (χ0n) is 35.8. The highest BCUT2D eigenvalue weighted by Gasteiger charge is 2.18. The third-order valence-electron chi connectivity index (χ3n) is 10.9. The minimum Gasteiger partial charge on any atom is -0.496 e. The molecule has 0 atom stereocenters. The van der Waals surface area contributed by atoms with Gasteiger partial charge in [-0.15, -0.1) is 0 Å². The second kappa shape index (κ2) is 20.0. The Balaban J connectivity index is 0.000000143. The van der Waals surface area contributed by atoms with E-state index in [1.165, 1.54) is 59.3 Å². The number of nitrogens with one attached hydrogen (secondary N) is 5. The molecule has 0 bridgehead atoms. The Morgan fingerprint density at radius 3 is 1.70 bits per heavy atom. The monoisotopic (exact) mass is 765 g/mol. The van der Waals surface area contributed by atoms with E-state index < -0.39 is 0 Å². The van der Waals surface area contributed by atoms with Gasteiger partial charge in [-0.2, -0.15) is 0 Å². The summed E-state index contributed by atoms with van der Waals surface area (Å²) in [6.07, 6.45) is 9.00. The van der Waals surface area contributed by atoms with Gasteiger partial charge in [-0.05, 0) is 111 Å². The van der Waals surface area contributed by atoms with Crippen molar-refractivity contribution in [2.45, 2.75) is 137 Å². The molecule has 8 rings (SSSR count). The van der Waals surface area contributed by atoms with Crippen LogP contribution < -0.4 is 31.4 Å². The number of methoxy groups -OCH3 is 1. The average molecular weight is 765 g/mol. The molecule has 5 N–H and O–H groups in total. The summed E-state index contributed by atoms with van der Waals surface area (Å²) in [5, 5.41) is 13.3. The molecule has 0 spiro atoms. The number of aromatic amines is 1. The van der Waals surface area contributed by atoms with Crippen molar-refractivity contribution in [3.05, 3.63) is 91.1 Å². The van der Waals surface area contributed by atoms with Crippen LogP contribution in [0.5, 0.6) is 5.75 Å². The lowest BCUT2D eigenvalue weighted by atomic mass is 9.99. The lowest BCUT2D eigenvalue weighted by Gasteiger charge is -2.21. The number of aromatic nitrogens is 4. The molecule has 0 saturated carbocycles. The molecule has 4 aromatic rings. The van der Waals surface area contributed by atoms with Gasteiger partial charge in [-0.1, -0.05) is 61.5 Å². The first kappa shape index (κ1) is 42.5. The number of nitrogens with zero attached hydrogens (tertiary/aromatic N) is 3. The highest BCUT2D eigenvalue weighted by Crippen LogP contribution is 2.32. The number of ether oxygens (including phenoxy) is 1. The third kappa shape index (κ3) is 11.0. The van der Waals surface area contributed by atoms with Gasteiger partial charge in [0.1, 0.15) is 29.0 Å². The number of pyridine rings is 4. The van der Waals surface area contributed by atoms with E-state index in [0.717, 1.165) is 97.8 Å². The van der Waals surface area contributed by atoms with Gasteiger partial charge in [0.25, 0.3) is 0 Å². The summed E-state index contributed by atoms with van der Waals surface area (Å²) in [6.45, 7) is 23.5. The largest absolute Gasteiger partial charge is 0.496 e. The zero-order chi connectivity index (χ0) is 40.4. The van der Waals surface area contributed by atoms with Crippen LogP contribution in [0.2, 0.25) is 0 Å². The molecule has 10 nitrogen and oxygen atoms in total. The van der Waals surface area contributed by atoms with Gasteiger partial charge in [-0.3, -0.25) is 4.79 Å². The number of aryl methyl sites for hydroxylation is 2. The summed E-state index contributed by atoms with van der Waals surface area (Å²) >= 11 is 0. The highest BCUT2D eigenvalue weighted by atomic mass is 16.5. The first-order valence-corrected chi connectivity index (χ1v) is 21.2. The van der Waals surface area contributed by atoms with Gasteiger partial charge in [-0.25, -0.2) is 15.0 Å². The average Bonchev–Trinajstić information content (AvgIpc) is 3.20. The molecule has 0 fully saturated rings. The van der Waals surface area contributed by atoms with Crippen molar-refractivity contribution in [1.29, 1.82) is 0 Å². The SMILES string of the molecule is CC(C)c1cc(=O)c2c([nH]1)NCCC2.CC(C)c1ccc2c(n1)NCCC2.COc1cc(C(C)C)nc2c1CCCN2.Cc1cc(C(C)C)nc2c1CCCN2. The Morgan fingerprint density at radius 2 is 1.09 bits per heavy atom. The molecule has 8 heterocycles. The fourth-order valence-corrected chi connectivity index (χ4v) is 7.32. The first-order valence-electron chi connectivity index (χ1n) is 21.2. The van der Waals surface area contributed by atoms with Crippen LogP contribution in [0.15, 0.2) is 35.1 Å². The van der Waals surface area contributed by atoms with E-state index in [2.05, 4.69) is 128 Å². The van der Waals surface area contributed by atoms with Crippen molar-refractivity contribution in [2.75, 3.05) is 54.6 Å². The molecule has 0 amide bonds. The van der Waals surface area contributed by atoms with Crippen molar-refractivity contribution in [3.63, 3.8) is 0 Å². The predicted molar refractivity (Wildman–Crippen MR) is 235 cm³/mol. The van der Waals surface area contributed by atoms with Crippen LogP contribution in [0.25, 0.3) is 0 Å². The molecule has 4 aromatic heterocycles. The Labute approximate surface area is 335 Å². The number of rotatable bonds is 5. The maximum Gasteiger partial charge on any atom is 0.187 e. The number of hydrogen-bond donors (Lipinski definition) is 5. The van der Waals surface area contributed by atoms with Gasteiger partial charge in [0.05, 0.1) is 7.11 Å². The van der Waals surface area contributed by atoms with E-state index in [-0.39, 0.29) is 5.43 Å². The second-order valence-electron chi connectivity index (χ2n) is 16.7. The van der Waals surface area contributed by atoms with Crippen molar-refractivity contribution >= 4 is 23.3 Å². The normalized spacial score (nSPS) is 15.0. The molecule has 10 heteroatoms. The van der Waals surface area contributed by atoms with Crippen LogP contribution >= 0.6 is 0 Å². The van der Waals surface area contributed by atoms with E-state index in [1.54, 1.807) is 13.2 Å². The van der Waals surface area contributed by atoms with Crippen LogP contribution in [0.1, 0.15) is 155 Å². The Morgan fingerprint density at radius 1 is 0.571 bits per heavy atom. The summed E-state index contributed by atoms with van der Waals surface area (Å²) in [6, 6.07) is 10.4. The maximum atomic E-state index is 11.7. The molecule has 4 aliphatic rings. The number of fused-ring (bicyclic) bond motifs is 4. The van der Waals surface area contributed by atoms with Crippen LogP contribution in [-0.4, -0.2) is 53.2 Å². The molecule has 4 aliphatic heterocycles. The van der Waals surface area contributed by atoms with Gasteiger partial charge in [0.15, 0.2) is 5.43 Å². The summed E-state index contributed by atoms with van der Waals surface area (Å²) in [5.74, 6) is 7.02. The number of anilines is 4. The van der Waals surface area contributed by atoms with Crippen LogP contribution in [-0.2, 0) is 25.7 Å². The molecule has 0 aromatic carbocycles. The van der Waals surface area contributed by atoms with E-state index >= 15 is 0 Å². The summed E-state index contributed by atoms with van der Waals surface area (Å²) < 4.78 is 5.42. The molecule has 0 saturated heterocycles. The Bertz CT molecular complexity index is 1950. The Kier molecular flexibility index (Phi) is 15.2. The van der Waals surface area contributed by atoms with Crippen molar-refractivity contribution < 1.29 is 4.74 Å². The Hall–Kier alpha value is -4.60. The highest BCUT2D eigenvalue weighted by molar-refractivity contribution is 5.55. The fourth-order valence-electron chi connectivity index (χ4n) is 7.32. The summed E-state index contributed by atoms with van der Waals surface area (Å²) in [7, 11) is 1.73. The van der Waals surface area contributed by atoms with E-state index in [0.29, 0.717) is 23.7 Å². The standard InChI is InChI=1S/C12H18N2O.C12H18N2.C11H16N2O.C11H16N2/c1-8(2)10-7-11(15-3)9-5-4-6-13-12(9)14-10;1-8(2)11-7-9(3)10-5-4-6-13-12(10)14-11;1-7(2)9-6-10(14)8-4-3-5-12-11(8)13-9;1-8(2)10-6-5-9-4-3-7-12-11(9)13-10/h7-8H,4-6H2,1-3H3,(H,13,14);7-8H,4-6H2,1-3H3,(H,13,14);6-7H,3-5H2,1-2H3,(H2,12,13,14);5-6,8H,3-4,7H2,1-2H3,(H,12,13). The second-order valence-corrected chi connectivity index (χ2v) is 16.7. The van der Waals surface area contributed by atoms with E-state index in [1.807, 2.05) is 0 Å². The molecular weight excluding hydrogens is 697 g/mol. The van der Waals surface area contributed by atoms with Crippen molar-refractivity contribution in [1.82, 2.24) is 19.9 Å². The van der Waals surface area contributed by atoms with Crippen LogP contribution in [0.4, 0.5) is 23.3 Å². The molecule has 0 radical (unpaired) electrons. The molecule has 56 heavy (non-hydrogen) atoms. The lowest BCUT2D eigenvalue weighted by Crippen LogP contribution is -2.22.